The molecule has 0 spiro atoms. The third-order valence-electron chi connectivity index (χ3n) is 4.66. The van der Waals surface area contributed by atoms with Crippen molar-refractivity contribution in [1.82, 2.24) is 14.4 Å². The van der Waals surface area contributed by atoms with Gasteiger partial charge in [-0.25, -0.2) is 18.0 Å². The second-order valence-corrected chi connectivity index (χ2v) is 8.55. The van der Waals surface area contributed by atoms with Crippen molar-refractivity contribution in [3.8, 4) is 0 Å². The molecule has 11 heteroatoms. The highest BCUT2D eigenvalue weighted by molar-refractivity contribution is 7.89. The molecule has 10 nitrogen and oxygen atoms in total. The molecule has 0 saturated carbocycles. The lowest BCUT2D eigenvalue weighted by Crippen LogP contribution is -2.39. The van der Waals surface area contributed by atoms with Crippen molar-refractivity contribution in [2.24, 2.45) is 0 Å². The predicted molar refractivity (Wildman–Crippen MR) is 98.9 cm³/mol. The molecule has 29 heavy (non-hydrogen) atoms. The zero-order valence-corrected chi connectivity index (χ0v) is 17.1. The number of sulfonamides is 1. The van der Waals surface area contributed by atoms with Crippen molar-refractivity contribution in [2.45, 2.75) is 30.6 Å². The summed E-state index contributed by atoms with van der Waals surface area (Å²) in [7, 11) is -1.66. The van der Waals surface area contributed by atoms with E-state index in [1.165, 1.54) is 36.7 Å². The predicted octanol–water partition coefficient (Wildman–Crippen LogP) is 1.52. The Bertz CT molecular complexity index is 998. The molecule has 1 aromatic carbocycles. The summed E-state index contributed by atoms with van der Waals surface area (Å²) in [6.07, 6.45) is 1.31. The number of benzene rings is 1. The molecule has 1 aliphatic rings. The quantitative estimate of drug-likeness (QED) is 0.657. The normalized spacial score (nSPS) is 17.7. The van der Waals surface area contributed by atoms with E-state index in [1.807, 2.05) is 0 Å². The van der Waals surface area contributed by atoms with Crippen LogP contribution in [0.3, 0.4) is 0 Å². The van der Waals surface area contributed by atoms with Crippen LogP contribution in [0.15, 0.2) is 27.6 Å². The minimum Gasteiger partial charge on any atom is -0.465 e. The number of ether oxygens (including phenoxy) is 2. The van der Waals surface area contributed by atoms with Gasteiger partial charge in [-0.2, -0.15) is 9.29 Å². The van der Waals surface area contributed by atoms with Gasteiger partial charge in [0.1, 0.15) is 0 Å². The van der Waals surface area contributed by atoms with Crippen LogP contribution in [0.5, 0.6) is 0 Å². The number of nitrogens with zero attached hydrogens (tertiary/aromatic N) is 3. The summed E-state index contributed by atoms with van der Waals surface area (Å²) in [6, 6.07) is 3.61. The Morgan fingerprint density at radius 1 is 1.14 bits per heavy atom. The standard InChI is InChI=1S/C18H21N3O7S/c1-11-19-16(28-20-11)12-5-4-6-21(10-12)29(24,25)15-8-13(17(22)26-2)7-14(9-15)18(23)27-3/h7-9,12H,4-6,10H2,1-3H3. The van der Waals surface area contributed by atoms with Crippen molar-refractivity contribution < 1.29 is 32.0 Å². The molecule has 1 unspecified atom stereocenters. The molecule has 0 radical (unpaired) electrons. The van der Waals surface area contributed by atoms with Crippen molar-refractivity contribution in [1.29, 1.82) is 0 Å². The second-order valence-electron chi connectivity index (χ2n) is 6.61. The number of piperidine rings is 1. The molecule has 3 rings (SSSR count). The number of aromatic nitrogens is 2. The van der Waals surface area contributed by atoms with Crippen LogP contribution < -0.4 is 0 Å². The minimum atomic E-state index is -4.00. The van der Waals surface area contributed by atoms with E-state index in [9.17, 15) is 18.0 Å². The molecule has 1 aromatic heterocycles. The molecule has 2 heterocycles. The van der Waals surface area contributed by atoms with Crippen LogP contribution in [0.25, 0.3) is 0 Å². The molecule has 1 aliphatic heterocycles. The molecule has 0 N–H and O–H groups in total. The van der Waals surface area contributed by atoms with Crippen LogP contribution in [0.2, 0.25) is 0 Å². The van der Waals surface area contributed by atoms with Gasteiger partial charge in [0.2, 0.25) is 15.9 Å². The number of rotatable bonds is 5. The van der Waals surface area contributed by atoms with Crippen molar-refractivity contribution in [2.75, 3.05) is 27.3 Å². The highest BCUT2D eigenvalue weighted by atomic mass is 32.2. The van der Waals surface area contributed by atoms with Gasteiger partial charge in [-0.1, -0.05) is 5.16 Å². The van der Waals surface area contributed by atoms with Gasteiger partial charge in [-0.05, 0) is 38.0 Å². The van der Waals surface area contributed by atoms with Gasteiger partial charge >= 0.3 is 11.9 Å². The molecule has 0 aliphatic carbocycles. The Kier molecular flexibility index (Phi) is 5.99. The maximum absolute atomic E-state index is 13.3. The topological polar surface area (TPSA) is 129 Å². The van der Waals surface area contributed by atoms with Crippen molar-refractivity contribution in [3.63, 3.8) is 0 Å². The van der Waals surface area contributed by atoms with E-state index < -0.39 is 22.0 Å². The summed E-state index contributed by atoms with van der Waals surface area (Å²) in [5, 5.41) is 3.76. The average Bonchev–Trinajstić information content (AvgIpc) is 3.18. The molecule has 1 atom stereocenters. The van der Waals surface area contributed by atoms with E-state index in [4.69, 9.17) is 4.52 Å². The number of esters is 2. The van der Waals surface area contributed by atoms with E-state index in [-0.39, 0.29) is 28.5 Å². The van der Waals surface area contributed by atoms with E-state index in [2.05, 4.69) is 19.6 Å². The minimum absolute atomic E-state index is 0.0601. The summed E-state index contributed by atoms with van der Waals surface area (Å²) < 4.78 is 42.3. The first-order valence-corrected chi connectivity index (χ1v) is 10.3. The fourth-order valence-corrected chi connectivity index (χ4v) is 4.81. The third kappa shape index (κ3) is 4.30. The highest BCUT2D eigenvalue weighted by Crippen LogP contribution is 2.30. The van der Waals surface area contributed by atoms with Crippen LogP contribution in [-0.4, -0.2) is 62.1 Å². The molecule has 0 amide bonds. The van der Waals surface area contributed by atoms with Gasteiger partial charge in [0.25, 0.3) is 0 Å². The van der Waals surface area contributed by atoms with Crippen molar-refractivity contribution >= 4 is 22.0 Å². The number of methoxy groups -OCH3 is 2. The first kappa shape index (κ1) is 20.9. The van der Waals surface area contributed by atoms with Gasteiger partial charge in [0, 0.05) is 13.1 Å². The van der Waals surface area contributed by atoms with Crippen LogP contribution in [0, 0.1) is 6.92 Å². The van der Waals surface area contributed by atoms with Gasteiger partial charge in [0.05, 0.1) is 36.2 Å². The lowest BCUT2D eigenvalue weighted by molar-refractivity contribution is 0.0598. The van der Waals surface area contributed by atoms with Crippen LogP contribution >= 0.6 is 0 Å². The maximum atomic E-state index is 13.3. The van der Waals surface area contributed by atoms with Gasteiger partial charge in [0.15, 0.2) is 5.82 Å². The van der Waals surface area contributed by atoms with Gasteiger partial charge < -0.3 is 14.0 Å². The van der Waals surface area contributed by atoms with Gasteiger partial charge in [-0.15, -0.1) is 0 Å². The summed E-state index contributed by atoms with van der Waals surface area (Å²) in [5.41, 5.74) is -0.120. The lowest BCUT2D eigenvalue weighted by Gasteiger charge is -2.30. The van der Waals surface area contributed by atoms with Crippen LogP contribution in [0.1, 0.15) is 51.2 Å². The number of aryl methyl sites for hydroxylation is 1. The van der Waals surface area contributed by atoms with E-state index in [1.54, 1.807) is 6.92 Å². The summed E-state index contributed by atoms with van der Waals surface area (Å²) >= 11 is 0. The zero-order valence-electron chi connectivity index (χ0n) is 16.2. The highest BCUT2D eigenvalue weighted by Gasteiger charge is 2.34. The fourth-order valence-electron chi connectivity index (χ4n) is 3.21. The third-order valence-corrected chi connectivity index (χ3v) is 6.51. The van der Waals surface area contributed by atoms with Gasteiger partial charge in [-0.3, -0.25) is 0 Å². The fraction of sp³-hybridized carbons (Fsp3) is 0.444. The summed E-state index contributed by atoms with van der Waals surface area (Å²) in [5.74, 6) is -0.881. The van der Waals surface area contributed by atoms with Crippen LogP contribution in [-0.2, 0) is 19.5 Å². The molecular formula is C18H21N3O7S. The van der Waals surface area contributed by atoms with Crippen LogP contribution in [0.4, 0.5) is 0 Å². The average molecular weight is 423 g/mol. The zero-order chi connectivity index (χ0) is 21.2. The summed E-state index contributed by atoms with van der Waals surface area (Å²) in [6.45, 7) is 2.14. The van der Waals surface area contributed by atoms with E-state index in [0.717, 1.165) is 0 Å². The number of hydrogen-bond acceptors (Lipinski definition) is 9. The Hall–Kier alpha value is -2.79. The number of carbonyl (C=O) groups is 2. The smallest absolute Gasteiger partial charge is 0.337 e. The first-order chi connectivity index (χ1) is 13.8. The SMILES string of the molecule is COC(=O)c1cc(C(=O)OC)cc(S(=O)(=O)N2CCCC(c3nc(C)no3)C2)c1. The Morgan fingerprint density at radius 3 is 2.28 bits per heavy atom. The molecule has 1 saturated heterocycles. The Balaban J connectivity index is 1.97. The molecular weight excluding hydrogens is 402 g/mol. The molecule has 2 aromatic rings. The number of hydrogen-bond donors (Lipinski definition) is 0. The maximum Gasteiger partial charge on any atom is 0.337 e. The number of carbonyl (C=O) groups excluding carboxylic acids is 2. The molecule has 1 fully saturated rings. The summed E-state index contributed by atoms with van der Waals surface area (Å²) in [4.78, 5) is 27.9. The molecule has 0 bridgehead atoms. The Morgan fingerprint density at radius 2 is 1.76 bits per heavy atom. The van der Waals surface area contributed by atoms with Crippen molar-refractivity contribution in [3.05, 3.63) is 41.0 Å². The second kappa shape index (κ2) is 8.29. The monoisotopic (exact) mass is 423 g/mol. The molecule has 156 valence electrons. The Labute approximate surface area is 167 Å². The first-order valence-electron chi connectivity index (χ1n) is 8.88. The van der Waals surface area contributed by atoms with E-state index >= 15 is 0 Å². The van der Waals surface area contributed by atoms with E-state index in [0.29, 0.717) is 31.1 Å². The largest absolute Gasteiger partial charge is 0.465 e. The lowest BCUT2D eigenvalue weighted by atomic mass is 10.00.